The number of hydrogen-bond donors (Lipinski definition) is 0. The molecule has 1 fully saturated rings. The van der Waals surface area contributed by atoms with Gasteiger partial charge in [0.1, 0.15) is 5.84 Å². The number of hydrogen-bond acceptors (Lipinski definition) is 4. The molecule has 5 nitrogen and oxygen atoms in total. The van der Waals surface area contributed by atoms with Crippen molar-refractivity contribution in [2.75, 3.05) is 13.1 Å². The molecule has 0 radical (unpaired) electrons. The van der Waals surface area contributed by atoms with Gasteiger partial charge in [0.15, 0.2) is 5.67 Å². The molecule has 1 unspecified atom stereocenters. The van der Waals surface area contributed by atoms with Crippen LogP contribution in [0.2, 0.25) is 10.0 Å². The van der Waals surface area contributed by atoms with Gasteiger partial charge in [-0.05, 0) is 23.3 Å². The summed E-state index contributed by atoms with van der Waals surface area (Å²) in [5.41, 5.74) is -7.27. The van der Waals surface area contributed by atoms with Crippen LogP contribution in [0.5, 0.6) is 0 Å². The van der Waals surface area contributed by atoms with Crippen molar-refractivity contribution in [3.05, 3.63) is 68.7 Å². The highest BCUT2D eigenvalue weighted by Crippen LogP contribution is 2.51. The molecule has 0 N–H and O–H groups in total. The first-order chi connectivity index (χ1) is 18.0. The summed E-state index contributed by atoms with van der Waals surface area (Å²) in [6, 6.07) is 6.41. The quantitative estimate of drug-likeness (QED) is 0.158. The molecule has 4 rings (SSSR count). The first kappa shape index (κ1) is 29.0. The van der Waals surface area contributed by atoms with E-state index >= 15 is 4.39 Å². The molecule has 0 amide bonds. The number of aliphatic imine (C=N–C) groups is 1. The maximum absolute atomic E-state index is 15.5. The minimum atomic E-state index is -5.18. The Balaban J connectivity index is 1.59. The smallest absolute Gasteiger partial charge is 0.374 e. The summed E-state index contributed by atoms with van der Waals surface area (Å²) in [4.78, 5) is 10.2. The molecule has 0 aromatic heterocycles. The fourth-order valence-electron chi connectivity index (χ4n) is 4.57. The second-order valence-corrected chi connectivity index (χ2v) is 10.4. The van der Waals surface area contributed by atoms with Crippen LogP contribution in [0, 0.1) is 17.4 Å². The van der Waals surface area contributed by atoms with Crippen molar-refractivity contribution in [3.63, 3.8) is 0 Å². The van der Waals surface area contributed by atoms with E-state index in [9.17, 15) is 26.3 Å². The third kappa shape index (κ3) is 5.14. The monoisotopic (exact) mass is 594 g/mol. The first-order valence-corrected chi connectivity index (χ1v) is 12.2. The minimum absolute atomic E-state index is 0.0643. The molecule has 208 valence electrons. The number of nitriles is 1. The highest BCUT2D eigenvalue weighted by atomic mass is 35.5. The summed E-state index contributed by atoms with van der Waals surface area (Å²) < 4.78 is 98.6. The highest BCUT2D eigenvalue weighted by molar-refractivity contribution is 6.42. The lowest BCUT2D eigenvalue weighted by Crippen LogP contribution is -2.59. The minimum Gasteiger partial charge on any atom is -0.374 e. The Morgan fingerprint density at radius 2 is 1.69 bits per heavy atom. The number of likely N-dealkylation sites (tertiary alicyclic amines) is 1. The molecule has 0 aliphatic carbocycles. The Bertz CT molecular complexity index is 1380. The van der Waals surface area contributed by atoms with E-state index in [0.29, 0.717) is 11.9 Å². The average molecular weight is 595 g/mol. The van der Waals surface area contributed by atoms with E-state index in [2.05, 4.69) is 10.1 Å². The van der Waals surface area contributed by atoms with Crippen LogP contribution < -0.4 is 0 Å². The third-order valence-electron chi connectivity index (χ3n) is 6.61. The summed E-state index contributed by atoms with van der Waals surface area (Å²) in [5.74, 6) is 0.341. The largest absolute Gasteiger partial charge is 0.435 e. The molecule has 0 bridgehead atoms. The van der Waals surface area contributed by atoms with Gasteiger partial charge in [0.05, 0.1) is 34.4 Å². The Morgan fingerprint density at radius 1 is 1.08 bits per heavy atom. The Kier molecular flexibility index (Phi) is 7.32. The number of amidine groups is 1. The van der Waals surface area contributed by atoms with Crippen molar-refractivity contribution >= 4 is 34.7 Å². The van der Waals surface area contributed by atoms with Crippen molar-refractivity contribution in [2.45, 2.75) is 43.9 Å². The number of rotatable bonds is 4. The van der Waals surface area contributed by atoms with Crippen LogP contribution in [0.3, 0.4) is 0 Å². The molecular formula is C25H19Cl2F7N4O. The van der Waals surface area contributed by atoms with Crippen molar-refractivity contribution in [1.29, 1.82) is 5.26 Å². The van der Waals surface area contributed by atoms with Crippen LogP contribution >= 0.6 is 23.2 Å². The van der Waals surface area contributed by atoms with Crippen molar-refractivity contribution in [1.82, 2.24) is 4.90 Å². The van der Waals surface area contributed by atoms with E-state index in [1.807, 2.05) is 13.8 Å². The van der Waals surface area contributed by atoms with Crippen LogP contribution in [0.25, 0.3) is 0 Å². The zero-order chi connectivity index (χ0) is 29.0. The van der Waals surface area contributed by atoms with Crippen LogP contribution in [-0.2, 0) is 22.3 Å². The van der Waals surface area contributed by atoms with E-state index in [1.165, 1.54) is 24.3 Å². The zero-order valence-corrected chi connectivity index (χ0v) is 21.8. The van der Waals surface area contributed by atoms with Gasteiger partial charge >= 0.3 is 12.4 Å². The van der Waals surface area contributed by atoms with Gasteiger partial charge in [-0.2, -0.15) is 36.6 Å². The molecule has 0 spiro atoms. The molecule has 39 heavy (non-hydrogen) atoms. The molecular weight excluding hydrogens is 576 g/mol. The molecule has 2 aliphatic rings. The highest BCUT2D eigenvalue weighted by Gasteiger charge is 2.63. The zero-order valence-electron chi connectivity index (χ0n) is 20.3. The van der Waals surface area contributed by atoms with E-state index < -0.39 is 51.2 Å². The number of alkyl halides is 7. The number of halogens is 9. The second-order valence-electron chi connectivity index (χ2n) is 9.57. The molecule has 2 aliphatic heterocycles. The normalized spacial score (nSPS) is 21.4. The second kappa shape index (κ2) is 9.86. The topological polar surface area (TPSA) is 61.0 Å². The van der Waals surface area contributed by atoms with Crippen molar-refractivity contribution in [2.24, 2.45) is 16.1 Å². The van der Waals surface area contributed by atoms with Gasteiger partial charge in [0.25, 0.3) is 5.60 Å². The molecule has 1 atom stereocenters. The molecule has 2 aromatic carbocycles. The van der Waals surface area contributed by atoms with Gasteiger partial charge < -0.3 is 9.74 Å². The standard InChI is InChI=1S/C25H19Cl2F7N4O/c1-13(2)21(36-12-35)38-10-22(28,11-38)15-5-3-14(4-6-15)19-9-23(39-37-19,25(32,33)34)16-7-17(24(29,30)31)20(27)18(26)8-16/h3-8,13H,9-11H2,1-2H3/b36-21+. The predicted octanol–water partition coefficient (Wildman–Crippen LogP) is 7.61. The average Bonchev–Trinajstić information content (AvgIpc) is 3.28. The summed E-state index contributed by atoms with van der Waals surface area (Å²) in [6.45, 7) is 3.50. The third-order valence-corrected chi connectivity index (χ3v) is 7.41. The lowest BCUT2D eigenvalue weighted by Gasteiger charge is -2.47. The number of benzene rings is 2. The van der Waals surface area contributed by atoms with E-state index in [4.69, 9.17) is 33.3 Å². The lowest BCUT2D eigenvalue weighted by molar-refractivity contribution is -0.276. The van der Waals surface area contributed by atoms with Crippen LogP contribution in [0.1, 0.15) is 42.5 Å². The first-order valence-electron chi connectivity index (χ1n) is 11.4. The molecule has 0 saturated carbocycles. The summed E-state index contributed by atoms with van der Waals surface area (Å²) >= 11 is 11.4. The van der Waals surface area contributed by atoms with E-state index in [-0.39, 0.29) is 41.9 Å². The van der Waals surface area contributed by atoms with Crippen LogP contribution in [0.15, 0.2) is 46.5 Å². The predicted molar refractivity (Wildman–Crippen MR) is 130 cm³/mol. The lowest BCUT2D eigenvalue weighted by atomic mass is 9.84. The maximum atomic E-state index is 15.5. The van der Waals surface area contributed by atoms with Gasteiger partial charge in [-0.1, -0.05) is 66.5 Å². The number of nitrogens with zero attached hydrogens (tertiary/aromatic N) is 4. The maximum Gasteiger partial charge on any atom is 0.435 e. The van der Waals surface area contributed by atoms with E-state index in [0.717, 1.165) is 0 Å². The van der Waals surface area contributed by atoms with Crippen LogP contribution in [-0.4, -0.2) is 35.7 Å². The van der Waals surface area contributed by atoms with E-state index in [1.54, 1.807) is 11.1 Å². The Morgan fingerprint density at radius 3 is 2.21 bits per heavy atom. The van der Waals surface area contributed by atoms with Gasteiger partial charge in [-0.15, -0.1) is 0 Å². The summed E-state index contributed by atoms with van der Waals surface area (Å²) in [6.07, 6.45) is -9.51. The molecule has 2 heterocycles. The summed E-state index contributed by atoms with van der Waals surface area (Å²) in [7, 11) is 0. The van der Waals surface area contributed by atoms with Crippen LogP contribution in [0.4, 0.5) is 30.7 Å². The van der Waals surface area contributed by atoms with Crippen molar-refractivity contribution in [3.8, 4) is 6.19 Å². The molecule has 1 saturated heterocycles. The van der Waals surface area contributed by atoms with Crippen molar-refractivity contribution < 1.29 is 35.6 Å². The fraction of sp³-hybridized carbons (Fsp3) is 0.400. The van der Waals surface area contributed by atoms with Gasteiger partial charge in [-0.3, -0.25) is 0 Å². The molecule has 2 aromatic rings. The fourth-order valence-corrected chi connectivity index (χ4v) is 5.00. The Labute approximate surface area is 228 Å². The van der Waals surface area contributed by atoms with Gasteiger partial charge in [0, 0.05) is 17.9 Å². The molecule has 14 heteroatoms. The SMILES string of the molecule is CC(C)/C(=N\C#N)N1CC(F)(c2ccc(C3=NOC(c4cc(Cl)c(Cl)c(C(F)(F)F)c4)(C(F)(F)F)C3)cc2)C1. The number of oxime groups is 1. The van der Waals surface area contributed by atoms with Gasteiger partial charge in [-0.25, -0.2) is 4.39 Å². The Hall–Kier alpha value is -3.04. The van der Waals surface area contributed by atoms with Gasteiger partial charge in [0.2, 0.25) is 6.19 Å². The summed E-state index contributed by atoms with van der Waals surface area (Å²) in [5, 5.41) is 10.7.